The highest BCUT2D eigenvalue weighted by Gasteiger charge is 2.16. The molecule has 1 N–H and O–H groups in total. The van der Waals surface area contributed by atoms with E-state index in [4.69, 9.17) is 9.90 Å². The zero-order valence-corrected chi connectivity index (χ0v) is 8.13. The summed E-state index contributed by atoms with van der Waals surface area (Å²) in [6.07, 6.45) is 8.50. The van der Waals surface area contributed by atoms with Crippen molar-refractivity contribution in [1.82, 2.24) is 0 Å². The molecule has 0 radical (unpaired) electrons. The quantitative estimate of drug-likeness (QED) is 0.567. The number of rotatable bonds is 0. The lowest BCUT2D eigenvalue weighted by Crippen LogP contribution is -2.11. The maximum absolute atomic E-state index is 9.00. The summed E-state index contributed by atoms with van der Waals surface area (Å²) in [4.78, 5) is 9.00. The normalized spacial score (nSPS) is 19.2. The van der Waals surface area contributed by atoms with Crippen molar-refractivity contribution >= 4 is 5.97 Å². The average Bonchev–Trinajstić information content (AvgIpc) is 1.85. The molecule has 0 amide bonds. The summed E-state index contributed by atoms with van der Waals surface area (Å²) in [6, 6.07) is 0. The van der Waals surface area contributed by atoms with E-state index in [1.54, 1.807) is 0 Å². The first-order valence-electron chi connectivity index (χ1n) is 4.28. The van der Waals surface area contributed by atoms with E-state index in [0.29, 0.717) is 5.41 Å². The molecule has 0 aliphatic heterocycles. The number of hydrogen-bond donors (Lipinski definition) is 1. The van der Waals surface area contributed by atoms with Gasteiger partial charge in [0.15, 0.2) is 0 Å². The number of allylic oxidation sites excluding steroid dienone is 2. The molecule has 0 aromatic carbocycles. The van der Waals surface area contributed by atoms with Crippen LogP contribution >= 0.6 is 0 Å². The van der Waals surface area contributed by atoms with E-state index in [0.717, 1.165) is 6.92 Å². The number of carboxylic acid groups (broad SMARTS) is 1. The lowest BCUT2D eigenvalue weighted by Gasteiger charge is -2.24. The third-order valence-electron chi connectivity index (χ3n) is 1.82. The highest BCUT2D eigenvalue weighted by Crippen LogP contribution is 2.30. The van der Waals surface area contributed by atoms with Crippen LogP contribution in [0.1, 0.15) is 40.0 Å². The summed E-state index contributed by atoms with van der Waals surface area (Å²) in [7, 11) is 0. The summed E-state index contributed by atoms with van der Waals surface area (Å²) in [6.45, 7) is 5.74. The van der Waals surface area contributed by atoms with Crippen molar-refractivity contribution in [1.29, 1.82) is 0 Å². The second kappa shape index (κ2) is 4.96. The van der Waals surface area contributed by atoms with Crippen LogP contribution < -0.4 is 0 Å². The molecular formula is C10H18O2. The van der Waals surface area contributed by atoms with Crippen LogP contribution in [0.5, 0.6) is 0 Å². The zero-order chi connectivity index (χ0) is 9.61. The lowest BCUT2D eigenvalue weighted by atomic mass is 9.81. The number of carbonyl (C=O) groups is 1. The fourth-order valence-electron chi connectivity index (χ4n) is 1.10. The highest BCUT2D eigenvalue weighted by atomic mass is 16.4. The van der Waals surface area contributed by atoms with Gasteiger partial charge < -0.3 is 5.11 Å². The fourth-order valence-corrected chi connectivity index (χ4v) is 1.10. The van der Waals surface area contributed by atoms with Crippen molar-refractivity contribution in [3.8, 4) is 0 Å². The van der Waals surface area contributed by atoms with Gasteiger partial charge in [0, 0.05) is 6.92 Å². The molecule has 1 rings (SSSR count). The summed E-state index contributed by atoms with van der Waals surface area (Å²) in [5.41, 5.74) is 0.592. The van der Waals surface area contributed by atoms with Gasteiger partial charge in [0.2, 0.25) is 0 Å². The Morgan fingerprint density at radius 1 is 1.42 bits per heavy atom. The molecule has 0 aromatic heterocycles. The minimum Gasteiger partial charge on any atom is -0.481 e. The number of aliphatic carboxylic acids is 1. The van der Waals surface area contributed by atoms with Crippen LogP contribution in [-0.2, 0) is 4.79 Å². The van der Waals surface area contributed by atoms with Gasteiger partial charge in [0.25, 0.3) is 5.97 Å². The average molecular weight is 170 g/mol. The molecule has 0 saturated carbocycles. The van der Waals surface area contributed by atoms with E-state index in [2.05, 4.69) is 26.0 Å². The maximum Gasteiger partial charge on any atom is 0.300 e. The van der Waals surface area contributed by atoms with Crippen molar-refractivity contribution in [3.05, 3.63) is 12.2 Å². The van der Waals surface area contributed by atoms with Crippen LogP contribution in [0.4, 0.5) is 0 Å². The van der Waals surface area contributed by atoms with Gasteiger partial charge >= 0.3 is 0 Å². The predicted octanol–water partition coefficient (Wildman–Crippen LogP) is 2.84. The molecule has 0 saturated heterocycles. The van der Waals surface area contributed by atoms with E-state index in [9.17, 15) is 0 Å². The Morgan fingerprint density at radius 2 is 1.92 bits per heavy atom. The number of hydrogen-bond acceptors (Lipinski definition) is 1. The minimum absolute atomic E-state index is 0.592. The van der Waals surface area contributed by atoms with Gasteiger partial charge in [-0.05, 0) is 24.7 Å². The van der Waals surface area contributed by atoms with Gasteiger partial charge in [-0.2, -0.15) is 0 Å². The molecular weight excluding hydrogens is 152 g/mol. The minimum atomic E-state index is -0.833. The Balaban J connectivity index is 0.000000261. The molecule has 70 valence electrons. The molecule has 0 fully saturated rings. The molecule has 2 heteroatoms. The molecule has 0 aromatic rings. The van der Waals surface area contributed by atoms with Crippen LogP contribution in [0.3, 0.4) is 0 Å². The first-order chi connectivity index (χ1) is 5.44. The van der Waals surface area contributed by atoms with Gasteiger partial charge in [-0.25, -0.2) is 0 Å². The molecule has 1 aliphatic rings. The monoisotopic (exact) mass is 170 g/mol. The molecule has 2 nitrogen and oxygen atoms in total. The van der Waals surface area contributed by atoms with E-state index in [1.807, 2.05) is 0 Å². The van der Waals surface area contributed by atoms with Gasteiger partial charge in [-0.1, -0.05) is 26.0 Å². The van der Waals surface area contributed by atoms with Gasteiger partial charge in [0.1, 0.15) is 0 Å². The van der Waals surface area contributed by atoms with Crippen molar-refractivity contribution in [2.45, 2.75) is 40.0 Å². The highest BCUT2D eigenvalue weighted by molar-refractivity contribution is 5.62. The van der Waals surface area contributed by atoms with Crippen LogP contribution in [-0.4, -0.2) is 11.1 Å². The Hall–Kier alpha value is -0.790. The first kappa shape index (κ1) is 11.2. The predicted molar refractivity (Wildman–Crippen MR) is 50.1 cm³/mol. The van der Waals surface area contributed by atoms with Crippen LogP contribution in [0, 0.1) is 5.41 Å². The summed E-state index contributed by atoms with van der Waals surface area (Å²) >= 11 is 0. The molecule has 12 heavy (non-hydrogen) atoms. The van der Waals surface area contributed by atoms with E-state index >= 15 is 0 Å². The molecule has 0 spiro atoms. The largest absolute Gasteiger partial charge is 0.481 e. The maximum atomic E-state index is 9.00. The van der Waals surface area contributed by atoms with E-state index < -0.39 is 5.97 Å². The number of carboxylic acids is 1. The fraction of sp³-hybridized carbons (Fsp3) is 0.700. The summed E-state index contributed by atoms with van der Waals surface area (Å²) < 4.78 is 0. The zero-order valence-electron chi connectivity index (χ0n) is 8.13. The standard InChI is InChI=1S/C8H14.C2H4O2/c1-8(2)6-4-3-5-7-8;1-2(3)4/h3-4H,5-7H2,1-2H3;1H3,(H,3,4). The molecule has 1 aliphatic carbocycles. The van der Waals surface area contributed by atoms with Crippen LogP contribution in [0.15, 0.2) is 12.2 Å². The van der Waals surface area contributed by atoms with Gasteiger partial charge in [-0.15, -0.1) is 0 Å². The third kappa shape index (κ3) is 7.32. The Labute approximate surface area is 74.3 Å². The van der Waals surface area contributed by atoms with Crippen LogP contribution in [0.25, 0.3) is 0 Å². The van der Waals surface area contributed by atoms with E-state index in [1.165, 1.54) is 19.3 Å². The summed E-state index contributed by atoms with van der Waals surface area (Å²) in [5.74, 6) is -0.833. The van der Waals surface area contributed by atoms with Crippen molar-refractivity contribution in [2.24, 2.45) is 5.41 Å². The molecule has 0 unspecified atom stereocenters. The Morgan fingerprint density at radius 3 is 2.08 bits per heavy atom. The Kier molecular flexibility index (Phi) is 4.64. The van der Waals surface area contributed by atoms with Crippen molar-refractivity contribution in [2.75, 3.05) is 0 Å². The SMILES string of the molecule is CC(=O)O.CC1(C)CC=CCC1. The van der Waals surface area contributed by atoms with Crippen LogP contribution in [0.2, 0.25) is 0 Å². The first-order valence-corrected chi connectivity index (χ1v) is 4.28. The van der Waals surface area contributed by atoms with Gasteiger partial charge in [0.05, 0.1) is 0 Å². The molecule has 0 bridgehead atoms. The van der Waals surface area contributed by atoms with Gasteiger partial charge in [-0.3, -0.25) is 4.79 Å². The van der Waals surface area contributed by atoms with E-state index in [-0.39, 0.29) is 0 Å². The second-order valence-corrected chi connectivity index (χ2v) is 3.90. The lowest BCUT2D eigenvalue weighted by molar-refractivity contribution is -0.134. The summed E-state index contributed by atoms with van der Waals surface area (Å²) in [5, 5.41) is 7.42. The molecule has 0 heterocycles. The molecule has 0 atom stereocenters. The second-order valence-electron chi connectivity index (χ2n) is 3.90. The Bertz CT molecular complexity index is 165. The third-order valence-corrected chi connectivity index (χ3v) is 1.82. The van der Waals surface area contributed by atoms with Crippen molar-refractivity contribution < 1.29 is 9.90 Å². The topological polar surface area (TPSA) is 37.3 Å². The van der Waals surface area contributed by atoms with Crippen molar-refractivity contribution in [3.63, 3.8) is 0 Å². The smallest absolute Gasteiger partial charge is 0.300 e.